The quantitative estimate of drug-likeness (QED) is 0.278. The van der Waals surface area contributed by atoms with E-state index in [1.54, 1.807) is 0 Å². The van der Waals surface area contributed by atoms with Gasteiger partial charge in [0.25, 0.3) is 0 Å². The van der Waals surface area contributed by atoms with Gasteiger partial charge in [0.05, 0.1) is 5.88 Å². The first-order chi connectivity index (χ1) is 5.00. The zero-order valence-electron chi connectivity index (χ0n) is 5.93. The van der Waals surface area contributed by atoms with Gasteiger partial charge < -0.3 is 10.8 Å². The lowest BCUT2D eigenvalue weighted by molar-refractivity contribution is -0.134. The number of alkyl halides is 1. The van der Waals surface area contributed by atoms with E-state index in [-0.39, 0.29) is 11.6 Å². The summed E-state index contributed by atoms with van der Waals surface area (Å²) in [6, 6.07) is 0. The van der Waals surface area contributed by atoms with Crippen LogP contribution < -0.4 is 5.73 Å². The maximum Gasteiger partial charge on any atom is 0.341 e. The van der Waals surface area contributed by atoms with Gasteiger partial charge in [-0.1, -0.05) is 0 Å². The largest absolute Gasteiger partial charge is 0.477 e. The topological polar surface area (TPSA) is 80.4 Å². The van der Waals surface area contributed by atoms with Gasteiger partial charge in [0.2, 0.25) is 0 Å². The number of carbonyl (C=O) groups is 2. The van der Waals surface area contributed by atoms with Gasteiger partial charge >= 0.3 is 5.97 Å². The van der Waals surface area contributed by atoms with Crippen LogP contribution in [0.15, 0.2) is 11.3 Å². The Morgan fingerprint density at radius 1 is 1.55 bits per heavy atom. The van der Waals surface area contributed by atoms with Crippen LogP contribution in [-0.2, 0) is 9.59 Å². The fourth-order valence-electron chi connectivity index (χ4n) is 0.575. The van der Waals surface area contributed by atoms with Crippen molar-refractivity contribution in [1.82, 2.24) is 0 Å². The van der Waals surface area contributed by atoms with Gasteiger partial charge in [-0.25, -0.2) is 4.79 Å². The van der Waals surface area contributed by atoms with Crippen LogP contribution in [-0.4, -0.2) is 22.7 Å². The van der Waals surface area contributed by atoms with Crippen LogP contribution in [0.25, 0.3) is 0 Å². The summed E-state index contributed by atoms with van der Waals surface area (Å²) in [7, 11) is 0. The molecular formula is C6H8ClNO3. The maximum absolute atomic E-state index is 10.7. The lowest BCUT2D eigenvalue weighted by Crippen LogP contribution is -2.18. The highest BCUT2D eigenvalue weighted by Crippen LogP contribution is 2.01. The summed E-state index contributed by atoms with van der Waals surface area (Å²) in [4.78, 5) is 21.1. The number of aliphatic carboxylic acids is 1. The minimum atomic E-state index is -1.34. The molecule has 62 valence electrons. The summed E-state index contributed by atoms with van der Waals surface area (Å²) in [5.41, 5.74) is 4.68. The predicted octanol–water partition coefficient (Wildman–Crippen LogP) is 0.112. The Bertz CT molecular complexity index is 218. The molecule has 0 aromatic carbocycles. The highest BCUT2D eigenvalue weighted by atomic mass is 35.5. The maximum atomic E-state index is 10.7. The Kier molecular flexibility index (Phi) is 3.60. The molecule has 0 heterocycles. The molecule has 0 atom stereocenters. The third-order valence-corrected chi connectivity index (χ3v) is 1.25. The monoisotopic (exact) mass is 177 g/mol. The second-order valence-corrected chi connectivity index (χ2v) is 2.19. The predicted molar refractivity (Wildman–Crippen MR) is 40.3 cm³/mol. The van der Waals surface area contributed by atoms with Crippen molar-refractivity contribution < 1.29 is 14.7 Å². The van der Waals surface area contributed by atoms with Gasteiger partial charge in [0.1, 0.15) is 5.57 Å². The molecule has 0 fully saturated rings. The van der Waals surface area contributed by atoms with Gasteiger partial charge in [0, 0.05) is 5.70 Å². The van der Waals surface area contributed by atoms with Gasteiger partial charge in [-0.05, 0) is 6.92 Å². The number of nitrogens with two attached hydrogens (primary N) is 1. The number of halogens is 1. The molecule has 4 nitrogen and oxygen atoms in total. The third-order valence-electron chi connectivity index (χ3n) is 1.01. The van der Waals surface area contributed by atoms with E-state index in [9.17, 15) is 9.59 Å². The first-order valence-electron chi connectivity index (χ1n) is 2.79. The van der Waals surface area contributed by atoms with Crippen LogP contribution in [0.3, 0.4) is 0 Å². The molecule has 0 saturated heterocycles. The Morgan fingerprint density at radius 2 is 2.00 bits per heavy atom. The lowest BCUT2D eigenvalue weighted by Gasteiger charge is -1.99. The SMILES string of the molecule is C/C(N)=C(/C(=O)O)C(=O)CCl. The Morgan fingerprint density at radius 3 is 2.09 bits per heavy atom. The van der Waals surface area contributed by atoms with Crippen molar-refractivity contribution in [2.24, 2.45) is 5.73 Å². The van der Waals surface area contributed by atoms with Crippen molar-refractivity contribution in [3.05, 3.63) is 11.3 Å². The number of carboxylic acid groups (broad SMARTS) is 1. The molecule has 0 aliphatic rings. The van der Waals surface area contributed by atoms with Crippen molar-refractivity contribution in [1.29, 1.82) is 0 Å². The second-order valence-electron chi connectivity index (χ2n) is 1.92. The fraction of sp³-hybridized carbons (Fsp3) is 0.333. The molecular weight excluding hydrogens is 170 g/mol. The molecule has 11 heavy (non-hydrogen) atoms. The molecule has 0 unspecified atom stereocenters. The zero-order chi connectivity index (χ0) is 9.02. The van der Waals surface area contributed by atoms with Gasteiger partial charge in [-0.2, -0.15) is 0 Å². The molecule has 0 saturated carbocycles. The number of allylic oxidation sites excluding steroid dienone is 1. The van der Waals surface area contributed by atoms with Gasteiger partial charge in [-0.15, -0.1) is 11.6 Å². The number of hydrogen-bond acceptors (Lipinski definition) is 3. The number of carboxylic acids is 1. The summed E-state index contributed by atoms with van der Waals surface area (Å²) in [5.74, 6) is -2.37. The average Bonchev–Trinajstić information content (AvgIpc) is 1.85. The van der Waals surface area contributed by atoms with E-state index in [1.165, 1.54) is 6.92 Å². The lowest BCUT2D eigenvalue weighted by atomic mass is 10.1. The van der Waals surface area contributed by atoms with Crippen molar-refractivity contribution in [3.8, 4) is 0 Å². The third kappa shape index (κ3) is 2.59. The highest BCUT2D eigenvalue weighted by molar-refractivity contribution is 6.34. The van der Waals surface area contributed by atoms with E-state index in [0.29, 0.717) is 0 Å². The van der Waals surface area contributed by atoms with Crippen LogP contribution in [0.2, 0.25) is 0 Å². The van der Waals surface area contributed by atoms with E-state index in [2.05, 4.69) is 0 Å². The molecule has 0 spiro atoms. The molecule has 3 N–H and O–H groups in total. The molecule has 0 bridgehead atoms. The van der Waals surface area contributed by atoms with Crippen molar-refractivity contribution in [3.63, 3.8) is 0 Å². The number of ketones is 1. The average molecular weight is 178 g/mol. The Balaban J connectivity index is 4.79. The molecule has 0 aromatic rings. The summed E-state index contributed by atoms with van der Waals surface area (Å²) < 4.78 is 0. The van der Waals surface area contributed by atoms with Crippen molar-refractivity contribution >= 4 is 23.4 Å². The summed E-state index contributed by atoms with van der Waals surface area (Å²) >= 11 is 5.13. The van der Waals surface area contributed by atoms with E-state index >= 15 is 0 Å². The number of rotatable bonds is 3. The smallest absolute Gasteiger partial charge is 0.341 e. The number of carbonyl (C=O) groups excluding carboxylic acids is 1. The molecule has 0 aliphatic carbocycles. The van der Waals surface area contributed by atoms with Crippen LogP contribution >= 0.6 is 11.6 Å². The second kappa shape index (κ2) is 3.98. The molecule has 0 rings (SSSR count). The molecule has 0 radical (unpaired) electrons. The molecule has 0 aliphatic heterocycles. The molecule has 0 aromatic heterocycles. The zero-order valence-corrected chi connectivity index (χ0v) is 6.68. The first-order valence-corrected chi connectivity index (χ1v) is 3.33. The van der Waals surface area contributed by atoms with E-state index in [4.69, 9.17) is 22.4 Å². The van der Waals surface area contributed by atoms with Crippen LogP contribution in [0.1, 0.15) is 6.92 Å². The van der Waals surface area contributed by atoms with Gasteiger partial charge in [0.15, 0.2) is 5.78 Å². The Labute approximate surface area is 68.6 Å². The summed E-state index contributed by atoms with van der Waals surface area (Å²) in [6.45, 7) is 1.34. The van der Waals surface area contributed by atoms with Crippen molar-refractivity contribution in [2.45, 2.75) is 6.92 Å². The Hall–Kier alpha value is -1.03. The summed E-state index contributed by atoms with van der Waals surface area (Å²) in [6.07, 6.45) is 0. The standard InChI is InChI=1S/C6H8ClNO3/c1-3(8)5(6(10)11)4(9)2-7/h2,8H2,1H3,(H,10,11)/b5-3-. The minimum absolute atomic E-state index is 0.0249. The fourth-order valence-corrected chi connectivity index (χ4v) is 0.708. The van der Waals surface area contributed by atoms with Crippen LogP contribution in [0.5, 0.6) is 0 Å². The normalized spacial score (nSPS) is 12.2. The minimum Gasteiger partial charge on any atom is -0.477 e. The number of hydrogen-bond donors (Lipinski definition) is 2. The van der Waals surface area contributed by atoms with Gasteiger partial charge in [-0.3, -0.25) is 4.79 Å². The summed E-state index contributed by atoms with van der Waals surface area (Å²) in [5, 5.41) is 8.43. The first kappa shape index (κ1) is 9.97. The van der Waals surface area contributed by atoms with E-state index in [0.717, 1.165) is 0 Å². The van der Waals surface area contributed by atoms with Crippen LogP contribution in [0.4, 0.5) is 0 Å². The molecule has 0 amide bonds. The highest BCUT2D eigenvalue weighted by Gasteiger charge is 2.17. The van der Waals surface area contributed by atoms with E-state index in [1.807, 2.05) is 0 Å². The molecule has 5 heteroatoms. The van der Waals surface area contributed by atoms with Crippen LogP contribution in [0, 0.1) is 0 Å². The number of Topliss-reactive ketones (excluding diaryl/α,β-unsaturated/α-hetero) is 1. The van der Waals surface area contributed by atoms with Crippen molar-refractivity contribution in [2.75, 3.05) is 5.88 Å². The van der Waals surface area contributed by atoms with E-state index < -0.39 is 17.3 Å².